The summed E-state index contributed by atoms with van der Waals surface area (Å²) in [6, 6.07) is 3.88. The SMILES string of the molecule is CC1CN(c2ccc(C(N)=S)cn2)CC(C)(C)O1. The van der Waals surface area contributed by atoms with E-state index in [1.54, 1.807) is 6.20 Å². The van der Waals surface area contributed by atoms with Crippen molar-refractivity contribution >= 4 is 23.0 Å². The van der Waals surface area contributed by atoms with Crippen molar-refractivity contribution in [3.63, 3.8) is 0 Å². The summed E-state index contributed by atoms with van der Waals surface area (Å²) in [5, 5.41) is 0. The maximum Gasteiger partial charge on any atom is 0.128 e. The third-order valence-corrected chi connectivity index (χ3v) is 3.16. The van der Waals surface area contributed by atoms with Gasteiger partial charge in [-0.1, -0.05) is 12.2 Å². The van der Waals surface area contributed by atoms with Crippen molar-refractivity contribution in [3.05, 3.63) is 23.9 Å². The lowest BCUT2D eigenvalue weighted by molar-refractivity contribution is -0.0751. The van der Waals surface area contributed by atoms with Crippen molar-refractivity contribution in [2.75, 3.05) is 18.0 Å². The molecule has 0 saturated carbocycles. The molecule has 0 radical (unpaired) electrons. The molecule has 2 heterocycles. The molecule has 0 bridgehead atoms. The minimum Gasteiger partial charge on any atom is -0.389 e. The Hall–Kier alpha value is -1.20. The van der Waals surface area contributed by atoms with Crippen LogP contribution in [0.2, 0.25) is 0 Å². The van der Waals surface area contributed by atoms with Gasteiger partial charge in [-0.3, -0.25) is 0 Å². The van der Waals surface area contributed by atoms with Gasteiger partial charge in [-0.25, -0.2) is 4.98 Å². The first-order valence-corrected chi connectivity index (χ1v) is 6.47. The van der Waals surface area contributed by atoms with E-state index < -0.39 is 0 Å². The van der Waals surface area contributed by atoms with Crippen molar-refractivity contribution in [1.29, 1.82) is 0 Å². The van der Waals surface area contributed by atoms with Crippen LogP contribution in [0.3, 0.4) is 0 Å². The molecule has 2 rings (SSSR count). The van der Waals surface area contributed by atoms with E-state index in [2.05, 4.69) is 30.7 Å². The van der Waals surface area contributed by atoms with Crippen molar-refractivity contribution < 1.29 is 4.74 Å². The number of morpholine rings is 1. The Morgan fingerprint density at radius 3 is 2.78 bits per heavy atom. The Morgan fingerprint density at radius 2 is 2.28 bits per heavy atom. The smallest absolute Gasteiger partial charge is 0.128 e. The molecule has 1 saturated heterocycles. The Labute approximate surface area is 113 Å². The fourth-order valence-corrected chi connectivity index (χ4v) is 2.47. The second kappa shape index (κ2) is 4.82. The maximum atomic E-state index is 5.88. The number of hydrogen-bond donors (Lipinski definition) is 1. The first kappa shape index (κ1) is 13.2. The van der Waals surface area contributed by atoms with Crippen LogP contribution in [0.5, 0.6) is 0 Å². The summed E-state index contributed by atoms with van der Waals surface area (Å²) in [6.45, 7) is 7.95. The molecule has 98 valence electrons. The molecule has 0 amide bonds. The molecule has 1 fully saturated rings. The fraction of sp³-hybridized carbons (Fsp3) is 0.538. The highest BCUT2D eigenvalue weighted by Crippen LogP contribution is 2.24. The molecular formula is C13H19N3OS. The molecule has 1 unspecified atom stereocenters. The summed E-state index contributed by atoms with van der Waals surface area (Å²) in [7, 11) is 0. The van der Waals surface area contributed by atoms with Gasteiger partial charge in [-0.2, -0.15) is 0 Å². The predicted molar refractivity (Wildman–Crippen MR) is 77.0 cm³/mol. The molecule has 0 aromatic carbocycles. The normalized spacial score (nSPS) is 22.8. The van der Waals surface area contributed by atoms with Crippen LogP contribution in [0.25, 0.3) is 0 Å². The van der Waals surface area contributed by atoms with Crippen LogP contribution < -0.4 is 10.6 Å². The van der Waals surface area contributed by atoms with E-state index >= 15 is 0 Å². The minimum atomic E-state index is -0.152. The molecule has 5 heteroatoms. The third kappa shape index (κ3) is 2.97. The van der Waals surface area contributed by atoms with Crippen molar-refractivity contribution in [2.45, 2.75) is 32.5 Å². The van der Waals surface area contributed by atoms with E-state index in [1.807, 2.05) is 12.1 Å². The van der Waals surface area contributed by atoms with Gasteiger partial charge < -0.3 is 15.4 Å². The number of hydrogen-bond acceptors (Lipinski definition) is 4. The molecule has 1 aromatic rings. The van der Waals surface area contributed by atoms with Crippen LogP contribution in [-0.2, 0) is 4.74 Å². The molecule has 1 aliphatic heterocycles. The lowest BCUT2D eigenvalue weighted by Gasteiger charge is -2.42. The molecule has 1 aliphatic rings. The van der Waals surface area contributed by atoms with E-state index in [4.69, 9.17) is 22.7 Å². The summed E-state index contributed by atoms with van der Waals surface area (Å²) in [5.41, 5.74) is 6.21. The summed E-state index contributed by atoms with van der Waals surface area (Å²) >= 11 is 4.92. The van der Waals surface area contributed by atoms with Gasteiger partial charge in [-0.15, -0.1) is 0 Å². The maximum absolute atomic E-state index is 5.88. The molecule has 0 aliphatic carbocycles. The largest absolute Gasteiger partial charge is 0.389 e. The Morgan fingerprint density at radius 1 is 1.56 bits per heavy atom. The number of anilines is 1. The highest BCUT2D eigenvalue weighted by atomic mass is 32.1. The van der Waals surface area contributed by atoms with Gasteiger partial charge >= 0.3 is 0 Å². The molecule has 1 atom stereocenters. The zero-order valence-corrected chi connectivity index (χ0v) is 11.8. The number of pyridine rings is 1. The van der Waals surface area contributed by atoms with Crippen molar-refractivity contribution in [2.24, 2.45) is 5.73 Å². The van der Waals surface area contributed by atoms with Gasteiger partial charge in [0.2, 0.25) is 0 Å². The Kier molecular flexibility index (Phi) is 3.54. The minimum absolute atomic E-state index is 0.152. The molecule has 2 N–H and O–H groups in total. The number of rotatable bonds is 2. The second-order valence-corrected chi connectivity index (χ2v) is 5.78. The van der Waals surface area contributed by atoms with E-state index in [0.717, 1.165) is 24.5 Å². The van der Waals surface area contributed by atoms with E-state index in [0.29, 0.717) is 4.99 Å². The molecule has 1 aromatic heterocycles. The van der Waals surface area contributed by atoms with Gasteiger partial charge in [0.25, 0.3) is 0 Å². The van der Waals surface area contributed by atoms with Gasteiger partial charge in [0.15, 0.2) is 0 Å². The zero-order chi connectivity index (χ0) is 13.3. The predicted octanol–water partition coefficient (Wildman–Crippen LogP) is 1.72. The quantitative estimate of drug-likeness (QED) is 0.825. The summed E-state index contributed by atoms with van der Waals surface area (Å²) < 4.78 is 5.88. The van der Waals surface area contributed by atoms with Crippen LogP contribution in [0, 0.1) is 0 Å². The van der Waals surface area contributed by atoms with Gasteiger partial charge in [0.1, 0.15) is 10.8 Å². The van der Waals surface area contributed by atoms with Gasteiger partial charge in [0.05, 0.1) is 11.7 Å². The number of nitrogens with zero attached hydrogens (tertiary/aromatic N) is 2. The number of nitrogens with two attached hydrogens (primary N) is 1. The van der Waals surface area contributed by atoms with Crippen molar-refractivity contribution in [1.82, 2.24) is 4.98 Å². The molecular weight excluding hydrogens is 246 g/mol. The van der Waals surface area contributed by atoms with E-state index in [-0.39, 0.29) is 11.7 Å². The lowest BCUT2D eigenvalue weighted by Crippen LogP contribution is -2.52. The second-order valence-electron chi connectivity index (χ2n) is 5.34. The Balaban J connectivity index is 2.18. The topological polar surface area (TPSA) is 51.4 Å². The molecule has 4 nitrogen and oxygen atoms in total. The number of thiocarbonyl (C=S) groups is 1. The average molecular weight is 265 g/mol. The summed E-state index contributed by atoms with van der Waals surface area (Å²) in [5.74, 6) is 0.943. The van der Waals surface area contributed by atoms with E-state index in [1.165, 1.54) is 0 Å². The van der Waals surface area contributed by atoms with Gasteiger partial charge in [-0.05, 0) is 32.9 Å². The van der Waals surface area contributed by atoms with Gasteiger partial charge in [0, 0.05) is 24.8 Å². The first-order valence-electron chi connectivity index (χ1n) is 6.06. The summed E-state index contributed by atoms with van der Waals surface area (Å²) in [6.07, 6.45) is 1.93. The van der Waals surface area contributed by atoms with Crippen LogP contribution in [-0.4, -0.2) is 34.8 Å². The molecule has 0 spiro atoms. The zero-order valence-electron chi connectivity index (χ0n) is 11.0. The monoisotopic (exact) mass is 265 g/mol. The first-order chi connectivity index (χ1) is 8.37. The van der Waals surface area contributed by atoms with Crippen LogP contribution in [0.15, 0.2) is 18.3 Å². The fourth-order valence-electron chi connectivity index (χ4n) is 2.35. The lowest BCUT2D eigenvalue weighted by atomic mass is 10.1. The standard InChI is InChI=1S/C13H19N3OS/c1-9-7-16(8-13(2,3)17-9)11-5-4-10(6-15-11)12(14)18/h4-6,9H,7-8H2,1-3H3,(H2,14,18). The third-order valence-electron chi connectivity index (χ3n) is 2.93. The highest BCUT2D eigenvalue weighted by molar-refractivity contribution is 7.80. The van der Waals surface area contributed by atoms with Crippen LogP contribution in [0.1, 0.15) is 26.3 Å². The van der Waals surface area contributed by atoms with Crippen molar-refractivity contribution in [3.8, 4) is 0 Å². The van der Waals surface area contributed by atoms with Crippen LogP contribution >= 0.6 is 12.2 Å². The van der Waals surface area contributed by atoms with Crippen LogP contribution in [0.4, 0.5) is 5.82 Å². The number of aromatic nitrogens is 1. The Bertz CT molecular complexity index is 444. The molecule has 18 heavy (non-hydrogen) atoms. The average Bonchev–Trinajstić information content (AvgIpc) is 2.26. The van der Waals surface area contributed by atoms with E-state index in [9.17, 15) is 0 Å². The highest BCUT2D eigenvalue weighted by Gasteiger charge is 2.31. The summed E-state index contributed by atoms with van der Waals surface area (Å²) in [4.78, 5) is 7.04. The number of ether oxygens (including phenoxy) is 1.